The number of methoxy groups -OCH3 is 1. The third kappa shape index (κ3) is 5.00. The summed E-state index contributed by atoms with van der Waals surface area (Å²) in [4.78, 5) is 21.5. The van der Waals surface area contributed by atoms with Gasteiger partial charge in [0.1, 0.15) is 17.1 Å². The van der Waals surface area contributed by atoms with Crippen molar-refractivity contribution in [2.24, 2.45) is 0 Å². The molecule has 1 aliphatic rings. The number of fused-ring (bicyclic) bond motifs is 1. The average Bonchev–Trinajstić information content (AvgIpc) is 3.21. The molecule has 0 N–H and O–H groups in total. The lowest BCUT2D eigenvalue weighted by atomic mass is 10.2. The Hall–Kier alpha value is -2.62. The van der Waals surface area contributed by atoms with E-state index in [0.29, 0.717) is 47.3 Å². The van der Waals surface area contributed by atoms with Gasteiger partial charge in [-0.15, -0.1) is 0 Å². The second-order valence-corrected chi connectivity index (χ2v) is 8.24. The van der Waals surface area contributed by atoms with Gasteiger partial charge in [-0.05, 0) is 30.7 Å². The number of benzene rings is 2. The number of anilines is 1. The maximum Gasteiger partial charge on any atom is 0.260 e. The van der Waals surface area contributed by atoms with Crippen LogP contribution in [0.4, 0.5) is 13.9 Å². The Morgan fingerprint density at radius 2 is 2.06 bits per heavy atom. The molecule has 0 unspecified atom stereocenters. The quantitative estimate of drug-likeness (QED) is 0.549. The van der Waals surface area contributed by atoms with Gasteiger partial charge in [0.15, 0.2) is 10.9 Å². The fraction of sp³-hybridized carbons (Fsp3) is 0.364. The van der Waals surface area contributed by atoms with E-state index in [1.807, 2.05) is 0 Å². The monoisotopic (exact) mass is 447 g/mol. The lowest BCUT2D eigenvalue weighted by Gasteiger charge is -2.27. The molecule has 2 aromatic carbocycles. The van der Waals surface area contributed by atoms with Crippen molar-refractivity contribution in [3.8, 4) is 5.75 Å². The van der Waals surface area contributed by atoms with Gasteiger partial charge >= 0.3 is 0 Å². The van der Waals surface area contributed by atoms with Crippen LogP contribution in [0.25, 0.3) is 10.2 Å². The number of carbonyl (C=O) groups excluding carboxylic acids is 1. The molecule has 4 rings (SSSR count). The SMILES string of the molecule is COc1cccc(C(=O)N(CCCN2CCOCC2)c2nc3c(F)cc(F)cc3s2)c1. The number of carbonyl (C=O) groups is 1. The van der Waals surface area contributed by atoms with Gasteiger partial charge in [-0.1, -0.05) is 17.4 Å². The molecule has 3 aromatic rings. The van der Waals surface area contributed by atoms with Crippen LogP contribution >= 0.6 is 11.3 Å². The van der Waals surface area contributed by atoms with Gasteiger partial charge in [0.2, 0.25) is 0 Å². The normalized spacial score (nSPS) is 14.7. The van der Waals surface area contributed by atoms with E-state index in [9.17, 15) is 13.6 Å². The number of thiazole rings is 1. The zero-order valence-corrected chi connectivity index (χ0v) is 18.0. The molecule has 0 bridgehead atoms. The van der Waals surface area contributed by atoms with Crippen LogP contribution in [-0.4, -0.2) is 62.3 Å². The summed E-state index contributed by atoms with van der Waals surface area (Å²) in [5.41, 5.74) is 0.509. The minimum Gasteiger partial charge on any atom is -0.497 e. The molecule has 9 heteroatoms. The van der Waals surface area contributed by atoms with Gasteiger partial charge < -0.3 is 9.47 Å². The highest BCUT2D eigenvalue weighted by Gasteiger charge is 2.23. The van der Waals surface area contributed by atoms with E-state index in [-0.39, 0.29) is 11.4 Å². The van der Waals surface area contributed by atoms with Crippen LogP contribution in [0.5, 0.6) is 5.75 Å². The number of halogens is 2. The topological polar surface area (TPSA) is 54.9 Å². The van der Waals surface area contributed by atoms with Crippen LogP contribution in [0, 0.1) is 11.6 Å². The second kappa shape index (κ2) is 9.67. The van der Waals surface area contributed by atoms with Crippen LogP contribution in [0.2, 0.25) is 0 Å². The first-order valence-corrected chi connectivity index (χ1v) is 10.9. The van der Waals surface area contributed by atoms with Gasteiger partial charge in [0, 0.05) is 37.8 Å². The summed E-state index contributed by atoms with van der Waals surface area (Å²) in [5.74, 6) is -1.10. The Kier molecular flexibility index (Phi) is 6.74. The minimum absolute atomic E-state index is 0.0676. The molecule has 1 amide bonds. The number of amides is 1. The lowest BCUT2D eigenvalue weighted by Crippen LogP contribution is -2.39. The smallest absolute Gasteiger partial charge is 0.260 e. The molecule has 0 saturated carbocycles. The molecule has 0 atom stereocenters. The van der Waals surface area contributed by atoms with E-state index in [4.69, 9.17) is 9.47 Å². The molecule has 0 radical (unpaired) electrons. The summed E-state index contributed by atoms with van der Waals surface area (Å²) in [6.45, 7) is 4.33. The van der Waals surface area contributed by atoms with Crippen molar-refractivity contribution in [2.75, 3.05) is 51.4 Å². The molecule has 0 aliphatic carbocycles. The first-order chi connectivity index (χ1) is 15.0. The fourth-order valence-electron chi connectivity index (χ4n) is 3.53. The standard InChI is InChI=1S/C22H23F2N3O3S/c1-29-17-5-2-4-15(12-17)21(28)27(7-3-6-26-8-10-30-11-9-26)22-25-20-18(24)13-16(23)14-19(20)31-22/h2,4-5,12-14H,3,6-11H2,1H3. The first-order valence-electron chi connectivity index (χ1n) is 10.1. The van der Waals surface area contributed by atoms with E-state index in [0.717, 1.165) is 37.0 Å². The molecule has 1 saturated heterocycles. The number of hydrogen-bond acceptors (Lipinski definition) is 6. The van der Waals surface area contributed by atoms with Gasteiger partial charge in [-0.3, -0.25) is 14.6 Å². The average molecular weight is 448 g/mol. The Bertz CT molecular complexity index is 1070. The minimum atomic E-state index is -0.736. The number of ether oxygens (including phenoxy) is 2. The van der Waals surface area contributed by atoms with Crippen molar-refractivity contribution in [3.63, 3.8) is 0 Å². The van der Waals surface area contributed by atoms with Gasteiger partial charge in [0.25, 0.3) is 5.91 Å². The first kappa shape index (κ1) is 21.6. The van der Waals surface area contributed by atoms with Crippen molar-refractivity contribution >= 4 is 32.6 Å². The molecular weight excluding hydrogens is 424 g/mol. The highest BCUT2D eigenvalue weighted by molar-refractivity contribution is 7.22. The number of morpholine rings is 1. The molecule has 0 spiro atoms. The Morgan fingerprint density at radius 1 is 1.26 bits per heavy atom. The number of aromatic nitrogens is 1. The number of nitrogens with zero attached hydrogens (tertiary/aromatic N) is 3. The summed E-state index contributed by atoms with van der Waals surface area (Å²) in [5, 5.41) is 0.342. The molecule has 2 heterocycles. The van der Waals surface area contributed by atoms with Gasteiger partial charge in [-0.2, -0.15) is 0 Å². The molecular formula is C22H23F2N3O3S. The largest absolute Gasteiger partial charge is 0.497 e. The predicted molar refractivity (Wildman–Crippen MR) is 116 cm³/mol. The van der Waals surface area contributed by atoms with E-state index >= 15 is 0 Å². The van der Waals surface area contributed by atoms with Crippen LogP contribution in [-0.2, 0) is 4.74 Å². The zero-order chi connectivity index (χ0) is 21.8. The number of hydrogen-bond donors (Lipinski definition) is 0. The van der Waals surface area contributed by atoms with Crippen LogP contribution in [0.1, 0.15) is 16.8 Å². The predicted octanol–water partition coefficient (Wildman–Crippen LogP) is 3.95. The Morgan fingerprint density at radius 3 is 2.84 bits per heavy atom. The highest BCUT2D eigenvalue weighted by atomic mass is 32.1. The van der Waals surface area contributed by atoms with E-state index in [1.54, 1.807) is 24.3 Å². The summed E-state index contributed by atoms with van der Waals surface area (Å²) in [6, 6.07) is 8.90. The van der Waals surface area contributed by atoms with E-state index < -0.39 is 11.6 Å². The van der Waals surface area contributed by atoms with E-state index in [2.05, 4.69) is 9.88 Å². The number of rotatable bonds is 7. The lowest BCUT2D eigenvalue weighted by molar-refractivity contribution is 0.0376. The second-order valence-electron chi connectivity index (χ2n) is 7.23. The van der Waals surface area contributed by atoms with Gasteiger partial charge in [0.05, 0.1) is 25.0 Å². The summed E-state index contributed by atoms with van der Waals surface area (Å²) in [7, 11) is 1.54. The molecule has 164 valence electrons. The van der Waals surface area contributed by atoms with Crippen LogP contribution < -0.4 is 9.64 Å². The summed E-state index contributed by atoms with van der Waals surface area (Å²) >= 11 is 1.10. The van der Waals surface area contributed by atoms with Gasteiger partial charge in [-0.25, -0.2) is 13.8 Å². The molecule has 1 aromatic heterocycles. The molecule has 1 fully saturated rings. The van der Waals surface area contributed by atoms with Crippen molar-refractivity contribution < 1.29 is 23.0 Å². The summed E-state index contributed by atoms with van der Waals surface area (Å²) in [6.07, 6.45) is 0.711. The molecule has 6 nitrogen and oxygen atoms in total. The highest BCUT2D eigenvalue weighted by Crippen LogP contribution is 2.32. The Balaban J connectivity index is 1.61. The van der Waals surface area contributed by atoms with E-state index in [1.165, 1.54) is 18.1 Å². The van der Waals surface area contributed by atoms with Crippen molar-refractivity contribution in [1.82, 2.24) is 9.88 Å². The summed E-state index contributed by atoms with van der Waals surface area (Å²) < 4.78 is 38.8. The molecule has 31 heavy (non-hydrogen) atoms. The fourth-order valence-corrected chi connectivity index (χ4v) is 4.56. The molecule has 1 aliphatic heterocycles. The van der Waals surface area contributed by atoms with Crippen LogP contribution in [0.15, 0.2) is 36.4 Å². The maximum absolute atomic E-state index is 14.2. The van der Waals surface area contributed by atoms with Crippen LogP contribution in [0.3, 0.4) is 0 Å². The maximum atomic E-state index is 14.2. The van der Waals surface area contributed by atoms with Crippen molar-refractivity contribution in [1.29, 1.82) is 0 Å². The van der Waals surface area contributed by atoms with Crippen molar-refractivity contribution in [2.45, 2.75) is 6.42 Å². The third-order valence-electron chi connectivity index (χ3n) is 5.15. The third-order valence-corrected chi connectivity index (χ3v) is 6.18. The zero-order valence-electron chi connectivity index (χ0n) is 17.1. The Labute approximate surface area is 183 Å². The van der Waals surface area contributed by atoms with Crippen molar-refractivity contribution in [3.05, 3.63) is 53.6 Å².